The minimum atomic E-state index is -4.58. The molecule has 28 heavy (non-hydrogen) atoms. The van der Waals surface area contributed by atoms with Crippen molar-refractivity contribution in [2.45, 2.75) is 12.7 Å². The summed E-state index contributed by atoms with van der Waals surface area (Å²) in [5.74, 6) is -0.676. The summed E-state index contributed by atoms with van der Waals surface area (Å²) >= 11 is 0. The Morgan fingerprint density at radius 2 is 1.71 bits per heavy atom. The van der Waals surface area contributed by atoms with Crippen LogP contribution in [-0.2, 0) is 12.7 Å². The molecule has 0 fully saturated rings. The molecule has 0 spiro atoms. The molecule has 3 rings (SSSR count). The van der Waals surface area contributed by atoms with Gasteiger partial charge in [0.25, 0.3) is 5.91 Å². The summed E-state index contributed by atoms with van der Waals surface area (Å²) in [4.78, 5) is 16.5. The van der Waals surface area contributed by atoms with Crippen molar-refractivity contribution in [3.05, 3.63) is 89.4 Å². The zero-order valence-corrected chi connectivity index (χ0v) is 14.4. The summed E-state index contributed by atoms with van der Waals surface area (Å²) in [6.07, 6.45) is -3.21. The monoisotopic (exact) mass is 389 g/mol. The van der Waals surface area contributed by atoms with Gasteiger partial charge in [0.15, 0.2) is 0 Å². The molecule has 0 unspecified atom stereocenters. The van der Waals surface area contributed by atoms with Gasteiger partial charge in [-0.3, -0.25) is 4.79 Å². The van der Waals surface area contributed by atoms with Gasteiger partial charge in [-0.15, -0.1) is 0 Å². The number of para-hydroxylation sites is 1. The molecule has 1 amide bonds. The number of carbonyl (C=O) groups excluding carboxylic acids is 1. The third-order valence-electron chi connectivity index (χ3n) is 3.89. The molecule has 0 bridgehead atoms. The highest BCUT2D eigenvalue weighted by molar-refractivity contribution is 6.05. The lowest BCUT2D eigenvalue weighted by Crippen LogP contribution is -2.17. The second-order valence-electron chi connectivity index (χ2n) is 5.91. The van der Waals surface area contributed by atoms with Crippen LogP contribution in [-0.4, -0.2) is 10.9 Å². The number of nitrogens with one attached hydrogen (secondary N) is 2. The van der Waals surface area contributed by atoms with Crippen LogP contribution in [0.1, 0.15) is 21.5 Å². The highest BCUT2D eigenvalue weighted by Gasteiger charge is 2.33. The maximum atomic E-state index is 13.1. The molecule has 4 nitrogen and oxygen atoms in total. The minimum Gasteiger partial charge on any atom is -0.366 e. The molecule has 0 aliphatic carbocycles. The fourth-order valence-corrected chi connectivity index (χ4v) is 2.50. The molecule has 0 aliphatic rings. The summed E-state index contributed by atoms with van der Waals surface area (Å²) in [7, 11) is 0. The molecule has 144 valence electrons. The number of benzene rings is 2. The summed E-state index contributed by atoms with van der Waals surface area (Å²) in [6.45, 7) is 0.343. The highest BCUT2D eigenvalue weighted by Crippen LogP contribution is 2.34. The third-order valence-corrected chi connectivity index (χ3v) is 3.89. The van der Waals surface area contributed by atoms with E-state index < -0.39 is 17.6 Å². The van der Waals surface area contributed by atoms with Crippen molar-refractivity contribution in [3.8, 4) is 0 Å². The van der Waals surface area contributed by atoms with E-state index in [4.69, 9.17) is 0 Å². The number of carbonyl (C=O) groups is 1. The van der Waals surface area contributed by atoms with E-state index >= 15 is 0 Å². The Balaban J connectivity index is 1.72. The Morgan fingerprint density at radius 3 is 2.43 bits per heavy atom. The Labute approximate surface area is 158 Å². The van der Waals surface area contributed by atoms with Gasteiger partial charge in [0.05, 0.1) is 11.3 Å². The van der Waals surface area contributed by atoms with Crippen LogP contribution in [0.2, 0.25) is 0 Å². The number of nitrogens with zero attached hydrogens (tertiary/aromatic N) is 1. The zero-order chi connectivity index (χ0) is 20.1. The quantitative estimate of drug-likeness (QED) is 0.597. The molecule has 0 atom stereocenters. The molecular weight excluding hydrogens is 374 g/mol. The van der Waals surface area contributed by atoms with Crippen molar-refractivity contribution >= 4 is 17.4 Å². The molecule has 2 N–H and O–H groups in total. The van der Waals surface area contributed by atoms with Gasteiger partial charge in [-0.25, -0.2) is 9.37 Å². The van der Waals surface area contributed by atoms with E-state index in [-0.39, 0.29) is 17.1 Å². The maximum absolute atomic E-state index is 13.1. The van der Waals surface area contributed by atoms with Gasteiger partial charge in [0, 0.05) is 18.3 Å². The van der Waals surface area contributed by atoms with Gasteiger partial charge in [-0.2, -0.15) is 13.2 Å². The average molecular weight is 389 g/mol. The lowest BCUT2D eigenvalue weighted by molar-refractivity contribution is -0.136. The van der Waals surface area contributed by atoms with Crippen molar-refractivity contribution in [1.82, 2.24) is 4.98 Å². The number of rotatable bonds is 5. The Kier molecular flexibility index (Phi) is 5.58. The smallest absolute Gasteiger partial charge is 0.366 e. The normalized spacial score (nSPS) is 11.1. The second kappa shape index (κ2) is 8.08. The van der Waals surface area contributed by atoms with E-state index in [0.717, 1.165) is 11.6 Å². The maximum Gasteiger partial charge on any atom is 0.418 e. The SMILES string of the molecule is O=C(Nc1ccccc1C(F)(F)F)c1ccnc(NCc2ccc(F)cc2)c1. The molecular formula is C20H15F4N3O. The summed E-state index contributed by atoms with van der Waals surface area (Å²) in [6, 6.07) is 13.4. The number of hydrogen-bond donors (Lipinski definition) is 2. The topological polar surface area (TPSA) is 54.0 Å². The lowest BCUT2D eigenvalue weighted by atomic mass is 10.1. The average Bonchev–Trinajstić information content (AvgIpc) is 2.67. The van der Waals surface area contributed by atoms with Crippen LogP contribution in [0.4, 0.5) is 29.1 Å². The predicted octanol–water partition coefficient (Wildman–Crippen LogP) is 5.10. The number of amides is 1. The van der Waals surface area contributed by atoms with Crippen molar-refractivity contribution in [2.75, 3.05) is 10.6 Å². The Morgan fingerprint density at radius 1 is 1.00 bits per heavy atom. The van der Waals surface area contributed by atoms with Crippen LogP contribution in [0.3, 0.4) is 0 Å². The van der Waals surface area contributed by atoms with E-state index in [0.29, 0.717) is 12.4 Å². The molecule has 0 radical (unpaired) electrons. The highest BCUT2D eigenvalue weighted by atomic mass is 19.4. The minimum absolute atomic E-state index is 0.147. The number of anilines is 2. The molecule has 0 aliphatic heterocycles. The molecule has 2 aromatic carbocycles. The van der Waals surface area contributed by atoms with Crippen LogP contribution in [0, 0.1) is 5.82 Å². The third kappa shape index (κ3) is 4.85. The molecule has 0 saturated carbocycles. The first kappa shape index (κ1) is 19.3. The van der Waals surface area contributed by atoms with Crippen molar-refractivity contribution < 1.29 is 22.4 Å². The van der Waals surface area contributed by atoms with Gasteiger partial charge in [0.1, 0.15) is 11.6 Å². The lowest BCUT2D eigenvalue weighted by Gasteiger charge is -2.14. The van der Waals surface area contributed by atoms with Crippen LogP contribution in [0.5, 0.6) is 0 Å². The van der Waals surface area contributed by atoms with Crippen LogP contribution < -0.4 is 10.6 Å². The number of hydrogen-bond acceptors (Lipinski definition) is 3. The standard InChI is InChI=1S/C20H15F4N3O/c21-15-7-5-13(6-8-15)12-26-18-11-14(9-10-25-18)19(28)27-17-4-2-1-3-16(17)20(22,23)24/h1-11H,12H2,(H,25,26)(H,27,28). The molecule has 1 heterocycles. The van der Waals surface area contributed by atoms with E-state index in [9.17, 15) is 22.4 Å². The van der Waals surface area contributed by atoms with Gasteiger partial charge in [0.2, 0.25) is 0 Å². The van der Waals surface area contributed by atoms with E-state index in [1.54, 1.807) is 12.1 Å². The molecule has 1 aromatic heterocycles. The number of aromatic nitrogens is 1. The van der Waals surface area contributed by atoms with E-state index in [1.165, 1.54) is 48.7 Å². The van der Waals surface area contributed by atoms with Gasteiger partial charge < -0.3 is 10.6 Å². The Hall–Kier alpha value is -3.42. The van der Waals surface area contributed by atoms with Crippen LogP contribution >= 0.6 is 0 Å². The van der Waals surface area contributed by atoms with Crippen molar-refractivity contribution in [1.29, 1.82) is 0 Å². The number of pyridine rings is 1. The summed E-state index contributed by atoms with van der Waals surface area (Å²) in [5, 5.41) is 5.27. The molecule has 8 heteroatoms. The van der Waals surface area contributed by atoms with E-state index in [2.05, 4.69) is 15.6 Å². The van der Waals surface area contributed by atoms with Gasteiger partial charge in [-0.1, -0.05) is 24.3 Å². The van der Waals surface area contributed by atoms with Crippen LogP contribution in [0.25, 0.3) is 0 Å². The molecule has 3 aromatic rings. The first-order chi connectivity index (χ1) is 13.3. The number of halogens is 4. The van der Waals surface area contributed by atoms with Gasteiger partial charge >= 0.3 is 6.18 Å². The van der Waals surface area contributed by atoms with Crippen molar-refractivity contribution in [3.63, 3.8) is 0 Å². The van der Waals surface area contributed by atoms with Crippen LogP contribution in [0.15, 0.2) is 66.9 Å². The second-order valence-corrected chi connectivity index (χ2v) is 5.91. The van der Waals surface area contributed by atoms with Gasteiger partial charge in [-0.05, 0) is 42.0 Å². The fourth-order valence-electron chi connectivity index (χ4n) is 2.50. The van der Waals surface area contributed by atoms with Crippen molar-refractivity contribution in [2.24, 2.45) is 0 Å². The summed E-state index contributed by atoms with van der Waals surface area (Å²) in [5.41, 5.74) is -0.296. The predicted molar refractivity (Wildman–Crippen MR) is 97.4 cm³/mol. The first-order valence-electron chi connectivity index (χ1n) is 8.25. The van der Waals surface area contributed by atoms with E-state index in [1.807, 2.05) is 0 Å². The fraction of sp³-hybridized carbons (Fsp3) is 0.100. The molecule has 0 saturated heterocycles. The summed E-state index contributed by atoms with van der Waals surface area (Å²) < 4.78 is 52.1. The Bertz CT molecular complexity index is 972. The largest absolute Gasteiger partial charge is 0.418 e. The number of alkyl halides is 3. The zero-order valence-electron chi connectivity index (χ0n) is 14.4. The first-order valence-corrected chi connectivity index (χ1v) is 8.25.